The SMILES string of the molecule is N[C@@]1(c2ccccc2)C[C@@H]1c1ccc(Br)cc1. The van der Waals surface area contributed by atoms with Gasteiger partial charge < -0.3 is 5.73 Å². The molecule has 1 fully saturated rings. The van der Waals surface area contributed by atoms with E-state index in [4.69, 9.17) is 5.73 Å². The smallest absolute Gasteiger partial charge is 0.0486 e. The highest BCUT2D eigenvalue weighted by Crippen LogP contribution is 2.56. The molecule has 2 N–H and O–H groups in total. The van der Waals surface area contributed by atoms with Crippen LogP contribution < -0.4 is 5.73 Å². The standard InChI is InChI=1S/C15H14BrN/c16-13-8-6-11(7-9-13)14-10-15(14,17)12-4-2-1-3-5-12/h1-9,14H,10,17H2/t14-,15-/m1/s1. The van der Waals surface area contributed by atoms with Gasteiger partial charge in [0.25, 0.3) is 0 Å². The molecule has 86 valence electrons. The van der Waals surface area contributed by atoms with E-state index in [9.17, 15) is 0 Å². The summed E-state index contributed by atoms with van der Waals surface area (Å²) in [5, 5.41) is 0. The predicted octanol–water partition coefficient (Wildman–Crippen LogP) is 3.79. The Balaban J connectivity index is 1.88. The van der Waals surface area contributed by atoms with Gasteiger partial charge in [0.15, 0.2) is 0 Å². The molecule has 0 bridgehead atoms. The maximum Gasteiger partial charge on any atom is 0.0486 e. The van der Waals surface area contributed by atoms with E-state index in [1.54, 1.807) is 0 Å². The van der Waals surface area contributed by atoms with Crippen LogP contribution in [0.3, 0.4) is 0 Å². The van der Waals surface area contributed by atoms with Crippen LogP contribution in [0.2, 0.25) is 0 Å². The van der Waals surface area contributed by atoms with E-state index in [1.165, 1.54) is 11.1 Å². The molecule has 0 aliphatic heterocycles. The van der Waals surface area contributed by atoms with E-state index >= 15 is 0 Å². The minimum Gasteiger partial charge on any atom is -0.321 e. The quantitative estimate of drug-likeness (QED) is 0.894. The molecular weight excluding hydrogens is 274 g/mol. The van der Waals surface area contributed by atoms with E-state index in [2.05, 4.69) is 64.5 Å². The van der Waals surface area contributed by atoms with Gasteiger partial charge in [-0.3, -0.25) is 0 Å². The van der Waals surface area contributed by atoms with Crippen molar-refractivity contribution in [3.8, 4) is 0 Å². The van der Waals surface area contributed by atoms with E-state index < -0.39 is 0 Å². The van der Waals surface area contributed by atoms with Crippen molar-refractivity contribution in [1.82, 2.24) is 0 Å². The van der Waals surface area contributed by atoms with Crippen molar-refractivity contribution in [3.05, 3.63) is 70.2 Å². The summed E-state index contributed by atoms with van der Waals surface area (Å²) in [6.07, 6.45) is 1.04. The third kappa shape index (κ3) is 1.92. The minimum atomic E-state index is -0.158. The molecule has 2 heteroatoms. The first kappa shape index (κ1) is 11.0. The molecule has 0 spiro atoms. The first-order valence-corrected chi connectivity index (χ1v) is 6.59. The lowest BCUT2D eigenvalue weighted by Crippen LogP contribution is -2.21. The van der Waals surface area contributed by atoms with E-state index in [-0.39, 0.29) is 5.54 Å². The van der Waals surface area contributed by atoms with Gasteiger partial charge in [0.1, 0.15) is 0 Å². The summed E-state index contributed by atoms with van der Waals surface area (Å²) in [6.45, 7) is 0. The average molecular weight is 288 g/mol. The highest BCUT2D eigenvalue weighted by molar-refractivity contribution is 9.10. The second kappa shape index (κ2) is 3.97. The molecule has 2 aromatic carbocycles. The van der Waals surface area contributed by atoms with Crippen LogP contribution in [-0.2, 0) is 5.54 Å². The molecular formula is C15H14BrN. The first-order valence-electron chi connectivity index (χ1n) is 5.80. The Labute approximate surface area is 110 Å². The van der Waals surface area contributed by atoms with Crippen LogP contribution >= 0.6 is 15.9 Å². The second-order valence-corrected chi connectivity index (χ2v) is 5.63. The van der Waals surface area contributed by atoms with Gasteiger partial charge in [-0.25, -0.2) is 0 Å². The molecule has 1 aliphatic carbocycles. The lowest BCUT2D eigenvalue weighted by molar-refractivity contribution is 0.706. The molecule has 1 nitrogen and oxygen atoms in total. The predicted molar refractivity (Wildman–Crippen MR) is 73.8 cm³/mol. The van der Waals surface area contributed by atoms with Gasteiger partial charge in [0, 0.05) is 15.9 Å². The molecule has 1 saturated carbocycles. The van der Waals surface area contributed by atoms with E-state index in [0.717, 1.165) is 10.9 Å². The van der Waals surface area contributed by atoms with Crippen molar-refractivity contribution >= 4 is 15.9 Å². The molecule has 3 rings (SSSR count). The topological polar surface area (TPSA) is 26.0 Å². The van der Waals surface area contributed by atoms with Crippen molar-refractivity contribution in [2.45, 2.75) is 17.9 Å². The summed E-state index contributed by atoms with van der Waals surface area (Å²) in [4.78, 5) is 0. The minimum absolute atomic E-state index is 0.158. The zero-order valence-electron chi connectivity index (χ0n) is 9.44. The summed E-state index contributed by atoms with van der Waals surface area (Å²) in [5.74, 6) is 0.456. The zero-order chi connectivity index (χ0) is 11.9. The fourth-order valence-electron chi connectivity index (χ4n) is 2.46. The van der Waals surface area contributed by atoms with Crippen molar-refractivity contribution in [2.24, 2.45) is 5.73 Å². The third-order valence-electron chi connectivity index (χ3n) is 3.59. The first-order chi connectivity index (χ1) is 8.20. The number of rotatable bonds is 2. The van der Waals surface area contributed by atoms with Gasteiger partial charge in [-0.1, -0.05) is 58.4 Å². The van der Waals surface area contributed by atoms with Gasteiger partial charge in [0.05, 0.1) is 0 Å². The molecule has 0 aromatic heterocycles. The van der Waals surface area contributed by atoms with E-state index in [1.807, 2.05) is 6.07 Å². The Morgan fingerprint density at radius 2 is 1.65 bits per heavy atom. The van der Waals surface area contributed by atoms with Crippen molar-refractivity contribution < 1.29 is 0 Å². The molecule has 2 atom stereocenters. The van der Waals surface area contributed by atoms with Gasteiger partial charge in [-0.05, 0) is 29.7 Å². The maximum atomic E-state index is 6.47. The van der Waals surface area contributed by atoms with Crippen LogP contribution in [0.25, 0.3) is 0 Å². The highest BCUT2D eigenvalue weighted by atomic mass is 79.9. The monoisotopic (exact) mass is 287 g/mol. The number of nitrogens with two attached hydrogens (primary N) is 1. The molecule has 1 aliphatic rings. The van der Waals surface area contributed by atoms with Crippen LogP contribution in [0, 0.1) is 0 Å². The van der Waals surface area contributed by atoms with Crippen molar-refractivity contribution in [2.75, 3.05) is 0 Å². The van der Waals surface area contributed by atoms with E-state index in [0.29, 0.717) is 5.92 Å². The molecule has 17 heavy (non-hydrogen) atoms. The van der Waals surface area contributed by atoms with Crippen molar-refractivity contribution in [3.63, 3.8) is 0 Å². The number of benzene rings is 2. The summed E-state index contributed by atoms with van der Waals surface area (Å²) in [7, 11) is 0. The second-order valence-electron chi connectivity index (χ2n) is 4.71. The van der Waals surface area contributed by atoms with Crippen LogP contribution in [-0.4, -0.2) is 0 Å². The third-order valence-corrected chi connectivity index (χ3v) is 4.12. The highest BCUT2D eigenvalue weighted by Gasteiger charge is 2.52. The summed E-state index contributed by atoms with van der Waals surface area (Å²) < 4.78 is 1.12. The lowest BCUT2D eigenvalue weighted by Gasteiger charge is -2.12. The molecule has 0 heterocycles. The summed E-state index contributed by atoms with van der Waals surface area (Å²) in [6, 6.07) is 18.9. The van der Waals surface area contributed by atoms with Crippen LogP contribution in [0.1, 0.15) is 23.5 Å². The lowest BCUT2D eigenvalue weighted by atomic mass is 10.00. The van der Waals surface area contributed by atoms with Gasteiger partial charge in [0.2, 0.25) is 0 Å². The zero-order valence-corrected chi connectivity index (χ0v) is 11.0. The Bertz CT molecular complexity index is 520. The molecule has 0 radical (unpaired) electrons. The fraction of sp³-hybridized carbons (Fsp3) is 0.200. The molecule has 2 aromatic rings. The van der Waals surface area contributed by atoms with Crippen molar-refractivity contribution in [1.29, 1.82) is 0 Å². The number of hydrogen-bond donors (Lipinski definition) is 1. The van der Waals surface area contributed by atoms with Gasteiger partial charge in [-0.2, -0.15) is 0 Å². The summed E-state index contributed by atoms with van der Waals surface area (Å²) >= 11 is 3.46. The summed E-state index contributed by atoms with van der Waals surface area (Å²) in [5.41, 5.74) is 8.89. The van der Waals surface area contributed by atoms with Crippen LogP contribution in [0.15, 0.2) is 59.1 Å². The Morgan fingerprint density at radius 1 is 1.00 bits per heavy atom. The van der Waals surface area contributed by atoms with Crippen LogP contribution in [0.4, 0.5) is 0 Å². The van der Waals surface area contributed by atoms with Gasteiger partial charge >= 0.3 is 0 Å². The van der Waals surface area contributed by atoms with Gasteiger partial charge in [-0.15, -0.1) is 0 Å². The molecule has 0 amide bonds. The molecule has 0 unspecified atom stereocenters. The Morgan fingerprint density at radius 3 is 2.29 bits per heavy atom. The maximum absolute atomic E-state index is 6.47. The fourth-order valence-corrected chi connectivity index (χ4v) is 2.72. The number of halogens is 1. The Kier molecular flexibility index (Phi) is 2.57. The average Bonchev–Trinajstić information content (AvgIpc) is 3.05. The Hall–Kier alpha value is -1.12. The normalized spacial score (nSPS) is 26.8. The number of hydrogen-bond acceptors (Lipinski definition) is 1. The van der Waals surface area contributed by atoms with Crippen LogP contribution in [0.5, 0.6) is 0 Å². The largest absolute Gasteiger partial charge is 0.321 e. The molecule has 0 saturated heterocycles.